The summed E-state index contributed by atoms with van der Waals surface area (Å²) in [6.45, 7) is 1.35. The van der Waals surface area contributed by atoms with Gasteiger partial charge in [0.05, 0.1) is 45.2 Å². The Morgan fingerprint density at radius 3 is 1.59 bits per heavy atom. The Kier molecular flexibility index (Phi) is 18.3. The standard InChI is InChI=1S/C36H31N11O11S3.3Na/c1-18(48)40-21-3-7-24(8-4-21)43-47-35-31(61(56,57)58)15-19-14-30(60(53,54)55)34(33(39)32(19)36(35)49)46-44-25-11-13-28(29(17-25)59(50,51)52)41-22-5-9-23(10-6-22)42-45-27-12-2-20(37)16-26(27)38;;;/h2-17,41,49H,37-39H2,1H3,(H,40,48)(H,50,51,52)(H,53,54,55)(H,56,57,58);;;. The number of nitrogen functional groups attached to an aromatic ring is 3. The molecular weight excluding hydrogens is 928 g/mol. The Balaban J connectivity index is 0.00000363. The molecule has 0 bridgehead atoms. The number of aliphatic hydroxyl groups excluding tert-OH is 1. The van der Waals surface area contributed by atoms with Gasteiger partial charge in [-0.15, -0.1) is 15.3 Å². The average Bonchev–Trinajstić information content (AvgIpc) is 3.16. The first kappa shape index (κ1) is 53.9. The fraction of sp³-hybridized carbons (Fsp3) is 0.0278. The molecule has 64 heavy (non-hydrogen) atoms. The van der Waals surface area contributed by atoms with Crippen LogP contribution in [-0.2, 0) is 30.4 Å². The minimum Gasteiger partial charge on any atom is -0.505 e. The third kappa shape index (κ3) is 13.1. The van der Waals surface area contributed by atoms with Crippen LogP contribution in [0.15, 0.2) is 147 Å². The molecule has 3 radical (unpaired) electrons. The van der Waals surface area contributed by atoms with Crippen LogP contribution in [-0.4, -0.2) is 144 Å². The van der Waals surface area contributed by atoms with E-state index in [2.05, 4.69) is 41.0 Å². The number of aliphatic imine (C=N–C) groups is 1. The summed E-state index contributed by atoms with van der Waals surface area (Å²) in [6.07, 6.45) is 0. The summed E-state index contributed by atoms with van der Waals surface area (Å²) < 4.78 is 105. The molecule has 0 heterocycles. The average molecular weight is 959 g/mol. The first-order valence-corrected chi connectivity index (χ1v) is 21.2. The van der Waals surface area contributed by atoms with Crippen molar-refractivity contribution in [3.63, 3.8) is 0 Å². The van der Waals surface area contributed by atoms with E-state index in [1.165, 1.54) is 61.5 Å². The van der Waals surface area contributed by atoms with E-state index in [9.17, 15) is 49.1 Å². The number of nitrogens with two attached hydrogens (primary N) is 3. The van der Waals surface area contributed by atoms with Crippen LogP contribution < -0.4 is 22.5 Å². The molecule has 0 aliphatic carbocycles. The third-order valence-corrected chi connectivity index (χ3v) is 10.9. The molecule has 0 saturated heterocycles. The second kappa shape index (κ2) is 21.7. The summed E-state index contributed by atoms with van der Waals surface area (Å²) in [5.41, 5.74) is 17.5. The van der Waals surface area contributed by atoms with Crippen LogP contribution in [0, 0.1) is 0 Å². The number of aromatic hydroxyl groups is 1. The second-order valence-electron chi connectivity index (χ2n) is 12.7. The molecule has 6 rings (SSSR count). The molecule has 0 atom stereocenters. The van der Waals surface area contributed by atoms with Crippen molar-refractivity contribution < 1.29 is 49.1 Å². The van der Waals surface area contributed by atoms with Crippen molar-refractivity contribution in [2.24, 2.45) is 35.7 Å². The molecule has 0 unspecified atom stereocenters. The summed E-state index contributed by atoms with van der Waals surface area (Å²) in [4.78, 5) is 1.09. The first-order valence-electron chi connectivity index (χ1n) is 16.9. The smallest absolute Gasteiger partial charge is 0.296 e. The summed E-state index contributed by atoms with van der Waals surface area (Å²) in [5.74, 6) is -1.24. The maximum atomic E-state index is 12.6. The number of benzene rings is 6. The Labute approximate surface area is 431 Å². The number of nitrogens with zero attached hydrogens (tertiary/aromatic N) is 7. The first-order chi connectivity index (χ1) is 28.6. The number of hydrogen-bond acceptors (Lipinski definition) is 18. The number of aliphatic hydroxyl groups is 1. The predicted molar refractivity (Wildman–Crippen MR) is 243 cm³/mol. The van der Waals surface area contributed by atoms with Crippen molar-refractivity contribution in [3.8, 4) is 5.75 Å². The van der Waals surface area contributed by atoms with Gasteiger partial charge < -0.3 is 32.7 Å². The van der Waals surface area contributed by atoms with E-state index in [4.69, 9.17) is 17.2 Å². The molecular formula is C36H31N11Na3O11S3. The number of hydrogen-bond donors (Lipinski definition) is 9. The monoisotopic (exact) mass is 958 g/mol. The molecule has 317 valence electrons. The largest absolute Gasteiger partial charge is 0.505 e. The zero-order valence-corrected chi connectivity index (χ0v) is 42.5. The Morgan fingerprint density at radius 1 is 0.562 bits per heavy atom. The molecule has 6 aromatic carbocycles. The zero-order chi connectivity index (χ0) is 44.4. The minimum absolute atomic E-state index is 0. The van der Waals surface area contributed by atoms with Gasteiger partial charge in [-0.1, -0.05) is 0 Å². The van der Waals surface area contributed by atoms with E-state index >= 15 is 0 Å². The molecule has 6 aromatic rings. The van der Waals surface area contributed by atoms with Gasteiger partial charge in [0.15, 0.2) is 11.6 Å². The molecule has 0 amide bonds. The molecule has 28 heteroatoms. The van der Waals surface area contributed by atoms with Crippen LogP contribution in [0.4, 0.5) is 68.2 Å². The van der Waals surface area contributed by atoms with E-state index in [1.807, 2.05) is 0 Å². The number of phenolic OH excluding ortho intramolecular Hbond substituents is 1. The van der Waals surface area contributed by atoms with Gasteiger partial charge in [-0.3, -0.25) is 13.7 Å². The second-order valence-corrected chi connectivity index (χ2v) is 16.8. The van der Waals surface area contributed by atoms with Crippen molar-refractivity contribution >= 4 is 204 Å². The third-order valence-electron chi connectivity index (χ3n) is 8.26. The van der Waals surface area contributed by atoms with Gasteiger partial charge in [0.1, 0.15) is 31.7 Å². The van der Waals surface area contributed by atoms with E-state index in [0.29, 0.717) is 46.3 Å². The van der Waals surface area contributed by atoms with Crippen LogP contribution >= 0.6 is 0 Å². The molecule has 22 nitrogen and oxygen atoms in total. The summed E-state index contributed by atoms with van der Waals surface area (Å²) in [7, 11) is -15.4. The fourth-order valence-electron chi connectivity index (χ4n) is 5.53. The van der Waals surface area contributed by atoms with Crippen LogP contribution in [0.5, 0.6) is 5.75 Å². The van der Waals surface area contributed by atoms with E-state index < -0.39 is 78.6 Å². The minimum atomic E-state index is -5.24. The van der Waals surface area contributed by atoms with Crippen molar-refractivity contribution in [1.82, 2.24) is 0 Å². The van der Waals surface area contributed by atoms with E-state index in [0.717, 1.165) is 6.07 Å². The van der Waals surface area contributed by atoms with Gasteiger partial charge in [-0.05, 0) is 102 Å². The Morgan fingerprint density at radius 2 is 1.05 bits per heavy atom. The van der Waals surface area contributed by atoms with Crippen molar-refractivity contribution in [1.29, 1.82) is 0 Å². The van der Waals surface area contributed by atoms with Gasteiger partial charge >= 0.3 is 0 Å². The number of anilines is 5. The van der Waals surface area contributed by atoms with Crippen molar-refractivity contribution in [2.45, 2.75) is 21.6 Å². The van der Waals surface area contributed by atoms with Crippen molar-refractivity contribution in [3.05, 3.63) is 97.1 Å². The molecule has 0 spiro atoms. The molecule has 12 N–H and O–H groups in total. The van der Waals surface area contributed by atoms with Crippen LogP contribution in [0.3, 0.4) is 0 Å². The maximum Gasteiger partial charge on any atom is 0.296 e. The predicted octanol–water partition coefficient (Wildman–Crippen LogP) is 7.49. The number of azo groups is 3. The molecule has 0 aliphatic heterocycles. The van der Waals surface area contributed by atoms with E-state index in [-0.39, 0.29) is 112 Å². The Bertz CT molecular complexity index is 3210. The topological polar surface area (TPSA) is 380 Å². The maximum absolute atomic E-state index is 12.6. The summed E-state index contributed by atoms with van der Waals surface area (Å²) >= 11 is 0. The van der Waals surface area contributed by atoms with Gasteiger partial charge in [0, 0.05) is 107 Å². The molecule has 0 aromatic heterocycles. The SMILES string of the molecule is CC(O)=Nc1ccc(N=Nc2c(S(=O)(=O)O)cc3cc(S(=O)(=O)O)c(N=Nc4ccc(Nc5ccc(N=Nc6ccc(N)cc6N)cc5)c(S(=O)(=O)O)c4)c(N)c3c2O)cc1.[Na].[Na].[Na]. The van der Waals surface area contributed by atoms with Crippen LogP contribution in [0.1, 0.15) is 6.92 Å². The van der Waals surface area contributed by atoms with Gasteiger partial charge in [0.2, 0.25) is 0 Å². The number of fused-ring (bicyclic) bond motifs is 1. The number of nitrogens with one attached hydrogen (secondary N) is 1. The quantitative estimate of drug-likeness (QED) is 0.0143. The zero-order valence-electron chi connectivity index (χ0n) is 34.0. The van der Waals surface area contributed by atoms with Gasteiger partial charge in [0.25, 0.3) is 30.4 Å². The Hall–Kier alpha value is -4.42. The summed E-state index contributed by atoms with van der Waals surface area (Å²) in [6, 6.07) is 21.2. The summed E-state index contributed by atoms with van der Waals surface area (Å²) in [5, 5.41) is 46.2. The van der Waals surface area contributed by atoms with Crippen LogP contribution in [0.25, 0.3) is 10.8 Å². The van der Waals surface area contributed by atoms with Gasteiger partial charge in [-0.25, -0.2) is 4.99 Å². The van der Waals surface area contributed by atoms with Gasteiger partial charge in [-0.2, -0.15) is 40.6 Å². The number of phenols is 1. The van der Waals surface area contributed by atoms with Crippen LogP contribution in [0.2, 0.25) is 0 Å². The normalized spacial score (nSPS) is 12.3. The molecule has 0 aliphatic rings. The van der Waals surface area contributed by atoms with E-state index in [1.54, 1.807) is 24.3 Å². The molecule has 0 saturated carbocycles. The fourth-order valence-corrected chi connectivity index (χ4v) is 7.53. The number of rotatable bonds is 12. The van der Waals surface area contributed by atoms with Crippen molar-refractivity contribution in [2.75, 3.05) is 22.5 Å². The molecule has 0 fully saturated rings.